The molecule has 1 atom stereocenters. The molecule has 0 saturated heterocycles. The van der Waals surface area contributed by atoms with Crippen LogP contribution in [0.1, 0.15) is 12.0 Å². The fourth-order valence-corrected chi connectivity index (χ4v) is 1.52. The average molecular weight is 273 g/mol. The summed E-state index contributed by atoms with van der Waals surface area (Å²) in [5, 5.41) is 2.79. The minimum Gasteiger partial charge on any atom is -0.385 e. The van der Waals surface area contributed by atoms with Crippen molar-refractivity contribution in [3.63, 3.8) is 0 Å². The first kappa shape index (κ1) is 16.9. The van der Waals surface area contributed by atoms with E-state index in [1.807, 2.05) is 30.3 Å². The zero-order chi connectivity index (χ0) is 12.5. The molecule has 0 bridgehead atoms. The van der Waals surface area contributed by atoms with E-state index in [-0.39, 0.29) is 18.3 Å². The number of ether oxygens (including phenoxy) is 1. The molecule has 0 aliphatic heterocycles. The maximum Gasteiger partial charge on any atom is 0.237 e. The summed E-state index contributed by atoms with van der Waals surface area (Å²) < 4.78 is 4.90. The highest BCUT2D eigenvalue weighted by atomic mass is 35.5. The molecule has 1 amide bonds. The van der Waals surface area contributed by atoms with E-state index in [1.54, 1.807) is 7.11 Å². The fourth-order valence-electron chi connectivity index (χ4n) is 1.52. The number of amides is 1. The van der Waals surface area contributed by atoms with E-state index in [0.29, 0.717) is 19.6 Å². The van der Waals surface area contributed by atoms with Crippen LogP contribution in [0.25, 0.3) is 0 Å². The minimum absolute atomic E-state index is 0. The Kier molecular flexibility index (Phi) is 9.28. The van der Waals surface area contributed by atoms with Gasteiger partial charge in [-0.05, 0) is 18.4 Å². The Balaban J connectivity index is 0.00000289. The maximum absolute atomic E-state index is 11.6. The number of nitrogens with two attached hydrogens (primary N) is 1. The average Bonchev–Trinajstić information content (AvgIpc) is 2.35. The normalized spacial score (nSPS) is 11.4. The second-order valence-corrected chi connectivity index (χ2v) is 3.93. The third-order valence-corrected chi connectivity index (χ3v) is 2.46. The standard InChI is InChI=1S/C13H20N2O2.ClH/c1-17-9-5-8-15-13(16)12(14)10-11-6-3-2-4-7-11;/h2-4,6-7,12H,5,8-10,14H2,1H3,(H,15,16);1H. The quantitative estimate of drug-likeness (QED) is 0.732. The molecule has 5 heteroatoms. The summed E-state index contributed by atoms with van der Waals surface area (Å²) in [6.45, 7) is 1.25. The van der Waals surface area contributed by atoms with Crippen LogP contribution in [0.2, 0.25) is 0 Å². The van der Waals surface area contributed by atoms with Crippen molar-refractivity contribution in [3.8, 4) is 0 Å². The highest BCUT2D eigenvalue weighted by Crippen LogP contribution is 2.01. The Morgan fingerprint density at radius 1 is 1.39 bits per heavy atom. The molecule has 1 rings (SSSR count). The molecule has 0 radical (unpaired) electrons. The number of hydrogen-bond donors (Lipinski definition) is 2. The Bertz CT molecular complexity index is 333. The van der Waals surface area contributed by atoms with Gasteiger partial charge in [0.2, 0.25) is 5.91 Å². The molecule has 4 nitrogen and oxygen atoms in total. The Labute approximate surface area is 114 Å². The van der Waals surface area contributed by atoms with Crippen LogP contribution in [0.15, 0.2) is 30.3 Å². The summed E-state index contributed by atoms with van der Waals surface area (Å²) in [5.41, 5.74) is 6.90. The predicted octanol–water partition coefficient (Wildman–Crippen LogP) is 1.13. The van der Waals surface area contributed by atoms with Crippen molar-refractivity contribution in [1.82, 2.24) is 5.32 Å². The number of carbonyl (C=O) groups excluding carboxylic acids is 1. The number of carbonyl (C=O) groups is 1. The first-order chi connectivity index (χ1) is 8.24. The Morgan fingerprint density at radius 2 is 2.06 bits per heavy atom. The van der Waals surface area contributed by atoms with Crippen LogP contribution >= 0.6 is 12.4 Å². The molecule has 0 spiro atoms. The number of hydrogen-bond acceptors (Lipinski definition) is 3. The van der Waals surface area contributed by atoms with Crippen LogP contribution < -0.4 is 11.1 Å². The molecular formula is C13H21ClN2O2. The molecule has 18 heavy (non-hydrogen) atoms. The largest absolute Gasteiger partial charge is 0.385 e. The van der Waals surface area contributed by atoms with Crippen LogP contribution in [-0.4, -0.2) is 32.2 Å². The first-order valence-corrected chi connectivity index (χ1v) is 5.80. The third kappa shape index (κ3) is 6.59. The molecule has 0 saturated carbocycles. The van der Waals surface area contributed by atoms with Gasteiger partial charge in [-0.1, -0.05) is 30.3 Å². The van der Waals surface area contributed by atoms with E-state index in [9.17, 15) is 4.79 Å². The second-order valence-electron chi connectivity index (χ2n) is 3.93. The van der Waals surface area contributed by atoms with Crippen LogP contribution in [-0.2, 0) is 16.0 Å². The monoisotopic (exact) mass is 272 g/mol. The van der Waals surface area contributed by atoms with Gasteiger partial charge in [-0.25, -0.2) is 0 Å². The molecule has 102 valence electrons. The smallest absolute Gasteiger partial charge is 0.237 e. The van der Waals surface area contributed by atoms with Crippen LogP contribution in [0.3, 0.4) is 0 Å². The highest BCUT2D eigenvalue weighted by molar-refractivity contribution is 5.85. The van der Waals surface area contributed by atoms with Gasteiger partial charge in [0.05, 0.1) is 6.04 Å². The summed E-state index contributed by atoms with van der Waals surface area (Å²) in [6, 6.07) is 9.28. The molecule has 1 aromatic rings. The van der Waals surface area contributed by atoms with Gasteiger partial charge in [-0.2, -0.15) is 0 Å². The predicted molar refractivity (Wildman–Crippen MR) is 74.9 cm³/mol. The van der Waals surface area contributed by atoms with Gasteiger partial charge in [0, 0.05) is 20.3 Å². The molecule has 1 unspecified atom stereocenters. The summed E-state index contributed by atoms with van der Waals surface area (Å²) in [4.78, 5) is 11.6. The van der Waals surface area contributed by atoms with Crippen molar-refractivity contribution in [2.45, 2.75) is 18.9 Å². The first-order valence-electron chi connectivity index (χ1n) is 5.80. The summed E-state index contributed by atoms with van der Waals surface area (Å²) in [6.07, 6.45) is 1.37. The number of nitrogens with one attached hydrogen (secondary N) is 1. The van der Waals surface area contributed by atoms with Crippen molar-refractivity contribution in [2.75, 3.05) is 20.3 Å². The molecule has 0 heterocycles. The fraction of sp³-hybridized carbons (Fsp3) is 0.462. The van der Waals surface area contributed by atoms with Gasteiger partial charge in [0.25, 0.3) is 0 Å². The van der Waals surface area contributed by atoms with Gasteiger partial charge in [0.1, 0.15) is 0 Å². The summed E-state index contributed by atoms with van der Waals surface area (Å²) in [5.74, 6) is -0.107. The van der Waals surface area contributed by atoms with E-state index in [2.05, 4.69) is 5.32 Å². The van der Waals surface area contributed by atoms with Gasteiger partial charge in [0.15, 0.2) is 0 Å². The van der Waals surface area contributed by atoms with Gasteiger partial charge >= 0.3 is 0 Å². The minimum atomic E-state index is -0.486. The van der Waals surface area contributed by atoms with Crippen LogP contribution in [0, 0.1) is 0 Å². The number of benzene rings is 1. The highest BCUT2D eigenvalue weighted by Gasteiger charge is 2.12. The Morgan fingerprint density at radius 3 is 2.67 bits per heavy atom. The van der Waals surface area contributed by atoms with E-state index < -0.39 is 6.04 Å². The van der Waals surface area contributed by atoms with Crippen molar-refractivity contribution in [2.24, 2.45) is 5.73 Å². The molecule has 1 aromatic carbocycles. The van der Waals surface area contributed by atoms with Crippen LogP contribution in [0.5, 0.6) is 0 Å². The summed E-state index contributed by atoms with van der Waals surface area (Å²) in [7, 11) is 1.64. The SMILES string of the molecule is COCCCNC(=O)C(N)Cc1ccccc1.Cl. The molecule has 3 N–H and O–H groups in total. The van der Waals surface area contributed by atoms with E-state index in [0.717, 1.165) is 12.0 Å². The van der Waals surface area contributed by atoms with Crippen LogP contribution in [0.4, 0.5) is 0 Å². The lowest BCUT2D eigenvalue weighted by Crippen LogP contribution is -2.42. The summed E-state index contributed by atoms with van der Waals surface area (Å²) >= 11 is 0. The molecule has 0 aromatic heterocycles. The Hall–Kier alpha value is -1.10. The number of rotatable bonds is 7. The van der Waals surface area contributed by atoms with Gasteiger partial charge in [-0.15, -0.1) is 12.4 Å². The van der Waals surface area contributed by atoms with E-state index in [1.165, 1.54) is 0 Å². The van der Waals surface area contributed by atoms with E-state index in [4.69, 9.17) is 10.5 Å². The lowest BCUT2D eigenvalue weighted by atomic mass is 10.1. The second kappa shape index (κ2) is 9.88. The third-order valence-electron chi connectivity index (χ3n) is 2.46. The van der Waals surface area contributed by atoms with Gasteiger partial charge < -0.3 is 15.8 Å². The number of halogens is 1. The zero-order valence-electron chi connectivity index (χ0n) is 10.6. The van der Waals surface area contributed by atoms with Crippen molar-refractivity contribution in [1.29, 1.82) is 0 Å². The molecule has 0 aliphatic rings. The maximum atomic E-state index is 11.6. The zero-order valence-corrected chi connectivity index (χ0v) is 11.4. The topological polar surface area (TPSA) is 64.3 Å². The van der Waals surface area contributed by atoms with Gasteiger partial charge in [-0.3, -0.25) is 4.79 Å². The lowest BCUT2D eigenvalue weighted by molar-refractivity contribution is -0.122. The van der Waals surface area contributed by atoms with Crippen molar-refractivity contribution in [3.05, 3.63) is 35.9 Å². The molecule has 0 fully saturated rings. The molecule has 0 aliphatic carbocycles. The van der Waals surface area contributed by atoms with E-state index >= 15 is 0 Å². The molecular weight excluding hydrogens is 252 g/mol. The van der Waals surface area contributed by atoms with Crippen molar-refractivity contribution >= 4 is 18.3 Å². The number of methoxy groups -OCH3 is 1. The van der Waals surface area contributed by atoms with Crippen molar-refractivity contribution < 1.29 is 9.53 Å². The lowest BCUT2D eigenvalue weighted by Gasteiger charge is -2.12.